The average molecular weight is 264 g/mol. The van der Waals surface area contributed by atoms with Gasteiger partial charge >= 0.3 is 0 Å². The summed E-state index contributed by atoms with van der Waals surface area (Å²) < 4.78 is 2.57. The largest absolute Gasteiger partial charge is 0.319 e. The molecule has 0 unspecified atom stereocenters. The number of benzene rings is 1. The molecule has 74 valence electrons. The molecule has 0 bridgehead atoms. The smallest absolute Gasteiger partial charge is 0.274 e. The number of fused-ring (bicyclic) bond motifs is 3. The summed E-state index contributed by atoms with van der Waals surface area (Å²) in [5, 5.41) is 4.12. The molecule has 0 atom stereocenters. The van der Waals surface area contributed by atoms with Crippen molar-refractivity contribution in [2.75, 3.05) is 0 Å². The molecule has 2 heterocycles. The normalized spacial score (nSPS) is 11.3. The molecule has 0 aliphatic heterocycles. The lowest BCUT2D eigenvalue weighted by molar-refractivity contribution is 0.986. The van der Waals surface area contributed by atoms with E-state index in [9.17, 15) is 4.79 Å². The first kappa shape index (κ1) is 8.67. The standard InChI is InChI=1S/C10H6BrN3O/c11-6-1-2-8-7(5-6)13-10(15)9-3-4-12-14(8)9/h1-5H,(H,13,15). The molecule has 0 saturated carbocycles. The second kappa shape index (κ2) is 2.93. The highest BCUT2D eigenvalue weighted by Crippen LogP contribution is 2.17. The molecule has 0 saturated heterocycles. The van der Waals surface area contributed by atoms with E-state index in [0.717, 1.165) is 15.5 Å². The maximum Gasteiger partial charge on any atom is 0.274 e. The van der Waals surface area contributed by atoms with Gasteiger partial charge in [-0.3, -0.25) is 4.79 Å². The summed E-state index contributed by atoms with van der Waals surface area (Å²) in [7, 11) is 0. The van der Waals surface area contributed by atoms with E-state index < -0.39 is 0 Å². The molecule has 0 fully saturated rings. The van der Waals surface area contributed by atoms with Crippen LogP contribution in [-0.2, 0) is 0 Å². The highest BCUT2D eigenvalue weighted by molar-refractivity contribution is 9.10. The Morgan fingerprint density at radius 1 is 1.27 bits per heavy atom. The quantitative estimate of drug-likeness (QED) is 0.674. The summed E-state index contributed by atoms with van der Waals surface area (Å²) in [6, 6.07) is 7.38. The van der Waals surface area contributed by atoms with Crippen molar-refractivity contribution in [2.24, 2.45) is 0 Å². The molecule has 0 aliphatic carbocycles. The topological polar surface area (TPSA) is 50.2 Å². The number of halogens is 1. The fourth-order valence-corrected chi connectivity index (χ4v) is 2.01. The Labute approximate surface area is 92.7 Å². The maximum atomic E-state index is 11.6. The van der Waals surface area contributed by atoms with E-state index >= 15 is 0 Å². The van der Waals surface area contributed by atoms with Crippen molar-refractivity contribution in [2.45, 2.75) is 0 Å². The van der Waals surface area contributed by atoms with E-state index in [1.165, 1.54) is 0 Å². The number of hydrogen-bond acceptors (Lipinski definition) is 2. The van der Waals surface area contributed by atoms with E-state index in [1.807, 2.05) is 18.2 Å². The summed E-state index contributed by atoms with van der Waals surface area (Å²) in [5.74, 6) is 0. The van der Waals surface area contributed by atoms with Crippen LogP contribution in [-0.4, -0.2) is 14.6 Å². The van der Waals surface area contributed by atoms with Gasteiger partial charge in [0.15, 0.2) is 0 Å². The Morgan fingerprint density at radius 3 is 3.00 bits per heavy atom. The van der Waals surface area contributed by atoms with Crippen LogP contribution in [0, 0.1) is 0 Å². The van der Waals surface area contributed by atoms with Crippen LogP contribution in [0.1, 0.15) is 0 Å². The van der Waals surface area contributed by atoms with Crippen LogP contribution in [0.15, 0.2) is 39.7 Å². The molecule has 0 radical (unpaired) electrons. The van der Waals surface area contributed by atoms with Crippen LogP contribution in [0.2, 0.25) is 0 Å². The van der Waals surface area contributed by atoms with E-state index in [0.29, 0.717) is 5.52 Å². The fourth-order valence-electron chi connectivity index (χ4n) is 1.65. The minimum absolute atomic E-state index is 0.127. The van der Waals surface area contributed by atoms with Crippen molar-refractivity contribution in [3.8, 4) is 0 Å². The number of rotatable bonds is 0. The van der Waals surface area contributed by atoms with Gasteiger partial charge in [-0.05, 0) is 24.3 Å². The van der Waals surface area contributed by atoms with Crippen molar-refractivity contribution in [1.82, 2.24) is 14.6 Å². The van der Waals surface area contributed by atoms with Crippen molar-refractivity contribution >= 4 is 32.5 Å². The Kier molecular flexibility index (Phi) is 1.70. The van der Waals surface area contributed by atoms with Crippen LogP contribution in [0.4, 0.5) is 0 Å². The van der Waals surface area contributed by atoms with Gasteiger partial charge in [-0.2, -0.15) is 5.10 Å². The SMILES string of the molecule is O=c1[nH]c2cc(Br)ccc2n2nccc12. The van der Waals surface area contributed by atoms with Crippen molar-refractivity contribution in [1.29, 1.82) is 0 Å². The summed E-state index contributed by atoms with van der Waals surface area (Å²) in [6.07, 6.45) is 1.62. The molecule has 0 aliphatic rings. The highest BCUT2D eigenvalue weighted by Gasteiger charge is 2.04. The summed E-state index contributed by atoms with van der Waals surface area (Å²) in [5.41, 5.74) is 2.09. The number of aromatic nitrogens is 3. The molecule has 0 spiro atoms. The summed E-state index contributed by atoms with van der Waals surface area (Å²) in [4.78, 5) is 14.4. The van der Waals surface area contributed by atoms with Crippen molar-refractivity contribution in [3.05, 3.63) is 45.3 Å². The molecule has 3 rings (SSSR count). The second-order valence-corrected chi connectivity index (χ2v) is 4.16. The zero-order valence-corrected chi connectivity index (χ0v) is 9.15. The van der Waals surface area contributed by atoms with Gasteiger partial charge in [0, 0.05) is 4.47 Å². The first-order chi connectivity index (χ1) is 7.25. The lowest BCUT2D eigenvalue weighted by Crippen LogP contribution is -2.10. The molecule has 4 nitrogen and oxygen atoms in total. The van der Waals surface area contributed by atoms with Gasteiger partial charge in [-0.1, -0.05) is 15.9 Å². The molecule has 1 aromatic carbocycles. The van der Waals surface area contributed by atoms with Crippen LogP contribution < -0.4 is 5.56 Å². The predicted molar refractivity (Wildman–Crippen MR) is 61.0 cm³/mol. The third-order valence-electron chi connectivity index (χ3n) is 2.31. The van der Waals surface area contributed by atoms with E-state index in [1.54, 1.807) is 16.8 Å². The molecule has 3 aromatic rings. The Bertz CT molecular complexity index is 713. The first-order valence-electron chi connectivity index (χ1n) is 4.41. The van der Waals surface area contributed by atoms with E-state index in [4.69, 9.17) is 0 Å². The molecule has 1 N–H and O–H groups in total. The highest BCUT2D eigenvalue weighted by atomic mass is 79.9. The Hall–Kier alpha value is -1.62. The number of H-pyrrole nitrogens is 1. The summed E-state index contributed by atoms with van der Waals surface area (Å²) in [6.45, 7) is 0. The molecule has 0 amide bonds. The summed E-state index contributed by atoms with van der Waals surface area (Å²) >= 11 is 3.36. The molecule has 2 aromatic heterocycles. The van der Waals surface area contributed by atoms with Gasteiger partial charge in [0.05, 0.1) is 17.2 Å². The molecule has 15 heavy (non-hydrogen) atoms. The van der Waals surface area contributed by atoms with Crippen molar-refractivity contribution in [3.63, 3.8) is 0 Å². The van der Waals surface area contributed by atoms with Crippen LogP contribution >= 0.6 is 15.9 Å². The molecular formula is C10H6BrN3O. The lowest BCUT2D eigenvalue weighted by atomic mass is 10.3. The zero-order chi connectivity index (χ0) is 10.4. The van der Waals surface area contributed by atoms with Crippen LogP contribution in [0.3, 0.4) is 0 Å². The first-order valence-corrected chi connectivity index (χ1v) is 5.20. The minimum Gasteiger partial charge on any atom is -0.319 e. The number of hydrogen-bond donors (Lipinski definition) is 1. The number of nitrogens with zero attached hydrogens (tertiary/aromatic N) is 2. The Morgan fingerprint density at radius 2 is 2.13 bits per heavy atom. The van der Waals surface area contributed by atoms with Crippen molar-refractivity contribution < 1.29 is 0 Å². The monoisotopic (exact) mass is 263 g/mol. The predicted octanol–water partition coefficient (Wildman–Crippen LogP) is 1.94. The van der Waals surface area contributed by atoms with Crippen LogP contribution in [0.25, 0.3) is 16.6 Å². The van der Waals surface area contributed by atoms with Gasteiger partial charge in [-0.25, -0.2) is 4.52 Å². The fraction of sp³-hybridized carbons (Fsp3) is 0. The number of nitrogens with one attached hydrogen (secondary N) is 1. The van der Waals surface area contributed by atoms with Gasteiger partial charge in [-0.15, -0.1) is 0 Å². The van der Waals surface area contributed by atoms with Crippen LogP contribution in [0.5, 0.6) is 0 Å². The van der Waals surface area contributed by atoms with E-state index in [2.05, 4.69) is 26.0 Å². The van der Waals surface area contributed by atoms with Gasteiger partial charge in [0.2, 0.25) is 0 Å². The zero-order valence-electron chi connectivity index (χ0n) is 7.57. The number of aromatic amines is 1. The third kappa shape index (κ3) is 1.20. The van der Waals surface area contributed by atoms with Gasteiger partial charge in [0.1, 0.15) is 5.52 Å². The molecular weight excluding hydrogens is 258 g/mol. The van der Waals surface area contributed by atoms with Gasteiger partial charge < -0.3 is 4.98 Å². The Balaban J connectivity index is 2.66. The molecule has 5 heteroatoms. The van der Waals surface area contributed by atoms with E-state index in [-0.39, 0.29) is 5.56 Å². The lowest BCUT2D eigenvalue weighted by Gasteiger charge is -2.01. The second-order valence-electron chi connectivity index (χ2n) is 3.24. The maximum absolute atomic E-state index is 11.6. The van der Waals surface area contributed by atoms with Gasteiger partial charge in [0.25, 0.3) is 5.56 Å². The minimum atomic E-state index is -0.127. The average Bonchev–Trinajstić information content (AvgIpc) is 2.66. The third-order valence-corrected chi connectivity index (χ3v) is 2.80.